The molecule has 2 aliphatic carbocycles. The summed E-state index contributed by atoms with van der Waals surface area (Å²) < 4.78 is 9.25. The monoisotopic (exact) mass is 765 g/mol. The highest BCUT2D eigenvalue weighted by Gasteiger charge is 2.40. The second-order valence-corrected chi connectivity index (χ2v) is 16.4. The largest absolute Gasteiger partial charge is 0.469 e. The Morgan fingerprint density at radius 2 is 0.981 bits per heavy atom. The van der Waals surface area contributed by atoms with E-state index in [1.54, 1.807) is 0 Å². The molecular formula is C44H76O10. The number of rotatable bonds is 26. The Labute approximate surface area is 326 Å². The predicted octanol–water partition coefficient (Wildman–Crippen LogP) is 7.91. The fourth-order valence-corrected chi connectivity index (χ4v) is 7.64. The van der Waals surface area contributed by atoms with Crippen LogP contribution in [0, 0.1) is 23.7 Å². The number of carbonyl (C=O) groups is 4. The summed E-state index contributed by atoms with van der Waals surface area (Å²) in [6.07, 6.45) is 23.4. The molecule has 2 fully saturated rings. The number of Topliss-reactive ketones (excluding diaryl/α,β-unsaturated/α-hetero) is 2. The Morgan fingerprint density at radius 3 is 1.31 bits per heavy atom. The number of aliphatic hydroxyl groups is 4. The molecule has 0 saturated heterocycles. The van der Waals surface area contributed by atoms with E-state index in [-0.39, 0.29) is 60.0 Å². The van der Waals surface area contributed by atoms with E-state index in [4.69, 9.17) is 0 Å². The van der Waals surface area contributed by atoms with Gasteiger partial charge in [0, 0.05) is 49.4 Å². The van der Waals surface area contributed by atoms with Crippen LogP contribution in [-0.4, -0.2) is 81.6 Å². The minimum atomic E-state index is -0.727. The summed E-state index contributed by atoms with van der Waals surface area (Å²) in [4.78, 5) is 46.6. The zero-order valence-electron chi connectivity index (χ0n) is 34.6. The molecule has 54 heavy (non-hydrogen) atoms. The lowest BCUT2D eigenvalue weighted by atomic mass is 9.87. The summed E-state index contributed by atoms with van der Waals surface area (Å²) in [6.45, 7) is 7.89. The smallest absolute Gasteiger partial charge is 0.305 e. The van der Waals surface area contributed by atoms with Gasteiger partial charge in [-0.05, 0) is 65.2 Å². The molecular weight excluding hydrogens is 688 g/mol. The van der Waals surface area contributed by atoms with Crippen molar-refractivity contribution in [3.8, 4) is 0 Å². The third kappa shape index (κ3) is 20.5. The summed E-state index contributed by atoms with van der Waals surface area (Å²) >= 11 is 0. The molecule has 2 aliphatic rings. The number of unbranched alkanes of at least 4 members (excludes halogenated alkanes) is 8. The molecule has 0 aromatic rings. The maximum Gasteiger partial charge on any atom is 0.305 e. The van der Waals surface area contributed by atoms with E-state index in [0.29, 0.717) is 25.7 Å². The molecule has 0 radical (unpaired) electrons. The minimum absolute atomic E-state index is 0.127. The van der Waals surface area contributed by atoms with Gasteiger partial charge < -0.3 is 29.9 Å². The fraction of sp³-hybridized carbons (Fsp3) is 0.818. The lowest BCUT2D eigenvalue weighted by Gasteiger charge is -2.22. The van der Waals surface area contributed by atoms with E-state index >= 15 is 0 Å². The number of hydrogen-bond acceptors (Lipinski definition) is 10. The quantitative estimate of drug-likeness (QED) is 0.0386. The molecule has 0 spiro atoms. The number of methoxy groups -OCH3 is 2. The maximum absolute atomic E-state index is 12.2. The van der Waals surface area contributed by atoms with E-state index < -0.39 is 23.4 Å². The van der Waals surface area contributed by atoms with Gasteiger partial charge >= 0.3 is 11.9 Å². The SMILES string of the molecule is CCCC[C@@](C)(O)C/C=C/[C@H]1[C@H](O)CC(=O)[C@@H]1CCCCCCC(=O)OC.CCCC[C@](C)(O)C/C=C/[C@H]1[C@H](O)CC(=O)[C@@H]1CCCCCCC(=O)OC. The molecule has 0 aromatic carbocycles. The Bertz CT molecular complexity index is 1050. The van der Waals surface area contributed by atoms with Gasteiger partial charge in [0.15, 0.2) is 0 Å². The topological polar surface area (TPSA) is 168 Å². The average Bonchev–Trinajstić information content (AvgIpc) is 3.55. The highest BCUT2D eigenvalue weighted by molar-refractivity contribution is 5.85. The van der Waals surface area contributed by atoms with Crippen molar-refractivity contribution in [2.45, 2.75) is 192 Å². The number of carbonyl (C=O) groups excluding carboxylic acids is 4. The average molecular weight is 765 g/mol. The number of ether oxygens (including phenoxy) is 2. The van der Waals surface area contributed by atoms with Gasteiger partial charge in [-0.2, -0.15) is 0 Å². The first-order chi connectivity index (χ1) is 25.6. The van der Waals surface area contributed by atoms with Gasteiger partial charge in [-0.1, -0.05) is 102 Å². The second kappa shape index (κ2) is 27.2. The second-order valence-electron chi connectivity index (χ2n) is 16.4. The number of hydrogen-bond donors (Lipinski definition) is 4. The lowest BCUT2D eigenvalue weighted by Crippen LogP contribution is -2.23. The molecule has 0 aromatic heterocycles. The summed E-state index contributed by atoms with van der Waals surface area (Å²) in [5, 5.41) is 41.2. The van der Waals surface area contributed by atoms with Gasteiger partial charge in [0.25, 0.3) is 0 Å². The summed E-state index contributed by atoms with van der Waals surface area (Å²) in [5.41, 5.74) is -1.45. The molecule has 10 nitrogen and oxygen atoms in total. The Hall–Kier alpha value is -2.40. The Kier molecular flexibility index (Phi) is 25.0. The highest BCUT2D eigenvalue weighted by atomic mass is 16.5. The molecule has 2 saturated carbocycles. The van der Waals surface area contributed by atoms with E-state index in [9.17, 15) is 39.6 Å². The molecule has 312 valence electrons. The number of aliphatic hydroxyl groups excluding tert-OH is 2. The van der Waals surface area contributed by atoms with E-state index in [1.165, 1.54) is 14.2 Å². The van der Waals surface area contributed by atoms with E-state index in [1.807, 2.05) is 38.2 Å². The van der Waals surface area contributed by atoms with Crippen LogP contribution in [-0.2, 0) is 28.7 Å². The van der Waals surface area contributed by atoms with Crippen molar-refractivity contribution in [1.82, 2.24) is 0 Å². The minimum Gasteiger partial charge on any atom is -0.469 e. The van der Waals surface area contributed by atoms with Gasteiger partial charge in [-0.3, -0.25) is 19.2 Å². The molecule has 8 atom stereocenters. The van der Waals surface area contributed by atoms with Crippen molar-refractivity contribution in [1.29, 1.82) is 0 Å². The standard InChI is InChI=1S/2C22H38O5/c2*1-4-5-14-22(2,26)15-10-12-18-17(19(23)16-20(18)24)11-8-6-7-9-13-21(25)27-3/h2*10,12,17-18,20,24,26H,4-9,11,13-16H2,1-3H3/b2*12-10+/t17-,18-,20-,22+;17-,18-,20-,22-/m11/s1. The molecule has 2 rings (SSSR count). The zero-order chi connectivity index (χ0) is 40.6. The molecule has 0 heterocycles. The highest BCUT2D eigenvalue weighted by Crippen LogP contribution is 2.36. The van der Waals surface area contributed by atoms with Crippen LogP contribution in [0.15, 0.2) is 24.3 Å². The van der Waals surface area contributed by atoms with Crippen LogP contribution < -0.4 is 0 Å². The van der Waals surface area contributed by atoms with Crippen LogP contribution >= 0.6 is 0 Å². The van der Waals surface area contributed by atoms with Crippen molar-refractivity contribution in [2.75, 3.05) is 14.2 Å². The predicted molar refractivity (Wildman–Crippen MR) is 212 cm³/mol. The van der Waals surface area contributed by atoms with Gasteiger partial charge in [-0.25, -0.2) is 0 Å². The molecule has 0 bridgehead atoms. The summed E-state index contributed by atoms with van der Waals surface area (Å²) in [7, 11) is 2.80. The van der Waals surface area contributed by atoms with Gasteiger partial charge in [0.2, 0.25) is 0 Å². The normalized spacial score (nSPS) is 25.1. The van der Waals surface area contributed by atoms with Crippen LogP contribution in [0.1, 0.15) is 169 Å². The van der Waals surface area contributed by atoms with Crippen LogP contribution in [0.25, 0.3) is 0 Å². The van der Waals surface area contributed by atoms with Crippen LogP contribution in [0.4, 0.5) is 0 Å². The van der Waals surface area contributed by atoms with E-state index in [2.05, 4.69) is 23.3 Å². The van der Waals surface area contributed by atoms with Crippen molar-refractivity contribution in [3.63, 3.8) is 0 Å². The molecule has 10 heteroatoms. The van der Waals surface area contributed by atoms with Crippen molar-refractivity contribution >= 4 is 23.5 Å². The summed E-state index contributed by atoms with van der Waals surface area (Å²) in [5.74, 6) is -0.610. The first-order valence-electron chi connectivity index (χ1n) is 20.9. The lowest BCUT2D eigenvalue weighted by molar-refractivity contribution is -0.141. The van der Waals surface area contributed by atoms with Crippen molar-refractivity contribution < 1.29 is 49.1 Å². The van der Waals surface area contributed by atoms with E-state index in [0.717, 1.165) is 103 Å². The van der Waals surface area contributed by atoms with Gasteiger partial charge in [0.05, 0.1) is 37.6 Å². The van der Waals surface area contributed by atoms with Crippen LogP contribution in [0.2, 0.25) is 0 Å². The number of ketones is 2. The molecule has 4 N–H and O–H groups in total. The van der Waals surface area contributed by atoms with Crippen molar-refractivity contribution in [2.24, 2.45) is 23.7 Å². The first-order valence-corrected chi connectivity index (χ1v) is 20.9. The zero-order valence-corrected chi connectivity index (χ0v) is 34.6. The Morgan fingerprint density at radius 1 is 0.630 bits per heavy atom. The third-order valence-electron chi connectivity index (χ3n) is 11.2. The molecule has 0 unspecified atom stereocenters. The maximum atomic E-state index is 12.2. The molecule has 0 aliphatic heterocycles. The first kappa shape index (κ1) is 49.6. The van der Waals surface area contributed by atoms with Crippen LogP contribution in [0.3, 0.4) is 0 Å². The van der Waals surface area contributed by atoms with Crippen LogP contribution in [0.5, 0.6) is 0 Å². The third-order valence-corrected chi connectivity index (χ3v) is 11.2. The van der Waals surface area contributed by atoms with Gasteiger partial charge in [-0.15, -0.1) is 0 Å². The van der Waals surface area contributed by atoms with Crippen molar-refractivity contribution in [3.05, 3.63) is 24.3 Å². The summed E-state index contributed by atoms with van der Waals surface area (Å²) in [6, 6.07) is 0. The number of esters is 2. The molecule has 0 amide bonds. The van der Waals surface area contributed by atoms with Gasteiger partial charge in [0.1, 0.15) is 11.6 Å². The fourth-order valence-electron chi connectivity index (χ4n) is 7.64. The Balaban J connectivity index is 0.000000540.